The molecule has 132 valence electrons. The number of rotatable bonds is 6. The van der Waals surface area contributed by atoms with Gasteiger partial charge in [0.25, 0.3) is 0 Å². The van der Waals surface area contributed by atoms with Crippen molar-refractivity contribution in [2.45, 2.75) is 20.0 Å². The van der Waals surface area contributed by atoms with E-state index in [1.54, 1.807) is 0 Å². The van der Waals surface area contributed by atoms with Gasteiger partial charge in [-0.1, -0.05) is 37.3 Å². The van der Waals surface area contributed by atoms with Crippen LogP contribution in [0.3, 0.4) is 0 Å². The van der Waals surface area contributed by atoms with E-state index in [0.717, 1.165) is 16.9 Å². The van der Waals surface area contributed by atoms with Crippen LogP contribution in [0.4, 0.5) is 0 Å². The fourth-order valence-corrected chi connectivity index (χ4v) is 3.40. The number of methoxy groups -OCH3 is 2. The standard InChI is InChI=1S/C18H18O6S/c1-4-12-13(17(20)24-10-11-8-6-5-7-9-11)14(16(19)22-2)15(25-12)18(21)23-3/h5-9H,4,10H2,1-3H3. The highest BCUT2D eigenvalue weighted by atomic mass is 32.1. The summed E-state index contributed by atoms with van der Waals surface area (Å²) in [6, 6.07) is 9.17. The van der Waals surface area contributed by atoms with Crippen LogP contribution in [-0.4, -0.2) is 32.1 Å². The number of carbonyl (C=O) groups is 3. The zero-order valence-electron chi connectivity index (χ0n) is 14.2. The number of hydrogen-bond acceptors (Lipinski definition) is 7. The van der Waals surface area contributed by atoms with Gasteiger partial charge in [-0.05, 0) is 12.0 Å². The van der Waals surface area contributed by atoms with E-state index >= 15 is 0 Å². The lowest BCUT2D eigenvalue weighted by Crippen LogP contribution is -2.15. The average Bonchev–Trinajstić information content (AvgIpc) is 3.05. The van der Waals surface area contributed by atoms with Crippen molar-refractivity contribution in [3.05, 3.63) is 56.8 Å². The van der Waals surface area contributed by atoms with Gasteiger partial charge in [0.2, 0.25) is 0 Å². The van der Waals surface area contributed by atoms with Gasteiger partial charge in [0.15, 0.2) is 0 Å². The van der Waals surface area contributed by atoms with E-state index in [0.29, 0.717) is 11.3 Å². The van der Waals surface area contributed by atoms with Gasteiger partial charge in [-0.3, -0.25) is 0 Å². The van der Waals surface area contributed by atoms with Crippen molar-refractivity contribution in [3.8, 4) is 0 Å². The highest BCUT2D eigenvalue weighted by Crippen LogP contribution is 2.31. The molecule has 0 fully saturated rings. The van der Waals surface area contributed by atoms with E-state index in [1.807, 2.05) is 37.3 Å². The summed E-state index contributed by atoms with van der Waals surface area (Å²) in [5.74, 6) is -2.14. The van der Waals surface area contributed by atoms with E-state index in [-0.39, 0.29) is 22.6 Å². The van der Waals surface area contributed by atoms with Crippen LogP contribution < -0.4 is 0 Å². The van der Waals surface area contributed by atoms with Crippen LogP contribution in [0.1, 0.15) is 47.8 Å². The van der Waals surface area contributed by atoms with E-state index < -0.39 is 17.9 Å². The molecule has 0 saturated carbocycles. The molecule has 0 aliphatic carbocycles. The molecule has 25 heavy (non-hydrogen) atoms. The molecule has 0 saturated heterocycles. The smallest absolute Gasteiger partial charge is 0.348 e. The molecule has 0 bridgehead atoms. The number of esters is 3. The molecule has 6 nitrogen and oxygen atoms in total. The van der Waals surface area contributed by atoms with Crippen LogP contribution in [0.2, 0.25) is 0 Å². The summed E-state index contributed by atoms with van der Waals surface area (Å²) >= 11 is 1.04. The van der Waals surface area contributed by atoms with Crippen LogP contribution in [0.15, 0.2) is 30.3 Å². The van der Waals surface area contributed by atoms with Crippen molar-refractivity contribution in [3.63, 3.8) is 0 Å². The van der Waals surface area contributed by atoms with Crippen molar-refractivity contribution in [2.24, 2.45) is 0 Å². The van der Waals surface area contributed by atoms with Crippen LogP contribution in [0.25, 0.3) is 0 Å². The molecule has 0 aliphatic heterocycles. The van der Waals surface area contributed by atoms with Gasteiger partial charge in [-0.2, -0.15) is 0 Å². The number of aryl methyl sites for hydroxylation is 1. The van der Waals surface area contributed by atoms with Gasteiger partial charge in [-0.15, -0.1) is 11.3 Å². The number of ether oxygens (including phenoxy) is 3. The summed E-state index contributed by atoms with van der Waals surface area (Å²) in [5.41, 5.74) is 0.780. The predicted molar refractivity (Wildman–Crippen MR) is 91.9 cm³/mol. The quantitative estimate of drug-likeness (QED) is 0.580. The summed E-state index contributed by atoms with van der Waals surface area (Å²) in [4.78, 5) is 37.3. The van der Waals surface area contributed by atoms with Crippen molar-refractivity contribution < 1.29 is 28.6 Å². The fraction of sp³-hybridized carbons (Fsp3) is 0.278. The monoisotopic (exact) mass is 362 g/mol. The Morgan fingerprint density at radius 2 is 1.56 bits per heavy atom. The second-order valence-corrected chi connectivity index (χ2v) is 6.11. The Morgan fingerprint density at radius 3 is 2.12 bits per heavy atom. The maximum Gasteiger partial charge on any atom is 0.348 e. The highest BCUT2D eigenvalue weighted by molar-refractivity contribution is 7.14. The molecule has 1 aromatic heterocycles. The lowest BCUT2D eigenvalue weighted by Gasteiger charge is -2.08. The molecule has 0 unspecified atom stereocenters. The highest BCUT2D eigenvalue weighted by Gasteiger charge is 2.32. The molecule has 1 heterocycles. The summed E-state index contributed by atoms with van der Waals surface area (Å²) in [5, 5.41) is 0. The number of benzene rings is 1. The maximum atomic E-state index is 12.6. The molecule has 1 aromatic carbocycles. The summed E-state index contributed by atoms with van der Waals surface area (Å²) < 4.78 is 14.8. The molecular formula is C18H18O6S. The molecule has 0 N–H and O–H groups in total. The minimum absolute atomic E-state index is 0.0397. The Morgan fingerprint density at radius 1 is 0.920 bits per heavy atom. The fourth-order valence-electron chi connectivity index (χ4n) is 2.27. The van der Waals surface area contributed by atoms with E-state index in [1.165, 1.54) is 14.2 Å². The first-order valence-corrected chi connectivity index (χ1v) is 8.38. The zero-order chi connectivity index (χ0) is 18.4. The average molecular weight is 362 g/mol. The van der Waals surface area contributed by atoms with E-state index in [9.17, 15) is 14.4 Å². The van der Waals surface area contributed by atoms with Crippen molar-refractivity contribution in [1.82, 2.24) is 0 Å². The second kappa shape index (κ2) is 8.43. The summed E-state index contributed by atoms with van der Waals surface area (Å²) in [7, 11) is 2.40. The lowest BCUT2D eigenvalue weighted by atomic mass is 10.1. The van der Waals surface area contributed by atoms with Crippen molar-refractivity contribution in [1.29, 1.82) is 0 Å². The Kier molecular flexibility index (Phi) is 6.30. The third-order valence-electron chi connectivity index (χ3n) is 3.48. The minimum atomic E-state index is -0.775. The van der Waals surface area contributed by atoms with Crippen molar-refractivity contribution in [2.75, 3.05) is 14.2 Å². The first kappa shape index (κ1) is 18.7. The normalized spacial score (nSPS) is 10.2. The van der Waals surface area contributed by atoms with E-state index in [4.69, 9.17) is 14.2 Å². The second-order valence-electron chi connectivity index (χ2n) is 5.00. The molecule has 0 amide bonds. The molecule has 0 aliphatic rings. The Bertz CT molecular complexity index is 778. The van der Waals surface area contributed by atoms with Gasteiger partial charge in [0.05, 0.1) is 25.3 Å². The Hall–Kier alpha value is -2.67. The first-order chi connectivity index (χ1) is 12.0. The van der Waals surface area contributed by atoms with Gasteiger partial charge in [0, 0.05) is 4.88 Å². The molecule has 2 aromatic rings. The molecule has 7 heteroatoms. The Balaban J connectivity index is 2.40. The largest absolute Gasteiger partial charge is 0.465 e. The third kappa shape index (κ3) is 4.06. The number of thiophene rings is 1. The van der Waals surface area contributed by atoms with E-state index in [2.05, 4.69) is 0 Å². The van der Waals surface area contributed by atoms with Gasteiger partial charge >= 0.3 is 17.9 Å². The molecular weight excluding hydrogens is 344 g/mol. The van der Waals surface area contributed by atoms with Gasteiger partial charge in [-0.25, -0.2) is 14.4 Å². The van der Waals surface area contributed by atoms with Gasteiger partial charge < -0.3 is 14.2 Å². The third-order valence-corrected chi connectivity index (χ3v) is 4.79. The molecule has 0 radical (unpaired) electrons. The SMILES string of the molecule is CCc1sc(C(=O)OC)c(C(=O)OC)c1C(=O)OCc1ccccc1. The minimum Gasteiger partial charge on any atom is -0.465 e. The van der Waals surface area contributed by atoms with Crippen LogP contribution in [0.5, 0.6) is 0 Å². The topological polar surface area (TPSA) is 78.9 Å². The summed E-state index contributed by atoms with van der Waals surface area (Å²) in [6.45, 7) is 1.88. The van der Waals surface area contributed by atoms with Crippen LogP contribution in [-0.2, 0) is 27.2 Å². The molecule has 0 spiro atoms. The van der Waals surface area contributed by atoms with Gasteiger partial charge in [0.1, 0.15) is 11.5 Å². The Labute approximate surface area is 149 Å². The number of hydrogen-bond donors (Lipinski definition) is 0. The summed E-state index contributed by atoms with van der Waals surface area (Å²) in [6.07, 6.45) is 0.460. The van der Waals surface area contributed by atoms with Crippen molar-refractivity contribution >= 4 is 29.2 Å². The maximum absolute atomic E-state index is 12.6. The molecule has 2 rings (SSSR count). The zero-order valence-corrected chi connectivity index (χ0v) is 15.0. The predicted octanol–water partition coefficient (Wildman–Crippen LogP) is 3.24. The molecule has 0 atom stereocenters. The number of carbonyl (C=O) groups excluding carboxylic acids is 3. The van der Waals surface area contributed by atoms with Crippen LogP contribution >= 0.6 is 11.3 Å². The first-order valence-electron chi connectivity index (χ1n) is 7.56. The lowest BCUT2D eigenvalue weighted by molar-refractivity contribution is 0.0456. The van der Waals surface area contributed by atoms with Crippen LogP contribution in [0, 0.1) is 0 Å².